The van der Waals surface area contributed by atoms with Crippen LogP contribution in [0.25, 0.3) is 0 Å². The van der Waals surface area contributed by atoms with E-state index in [9.17, 15) is 4.79 Å². The van der Waals surface area contributed by atoms with Crippen molar-refractivity contribution >= 4 is 12.1 Å². The molecule has 0 unspecified atom stereocenters. The third-order valence-corrected chi connectivity index (χ3v) is 1.76. The second-order valence-corrected chi connectivity index (χ2v) is 3.10. The molecule has 0 fully saturated rings. The summed E-state index contributed by atoms with van der Waals surface area (Å²) in [6.45, 7) is 0. The minimum Gasteiger partial charge on any atom is -0.345 e. The Kier molecular flexibility index (Phi) is 3.23. The van der Waals surface area contributed by atoms with Crippen LogP contribution in [0.5, 0.6) is 0 Å². The lowest BCUT2D eigenvalue weighted by Gasteiger charge is -2.09. The molecule has 0 heterocycles. The third kappa shape index (κ3) is 2.32. The number of hydrogen-bond donors (Lipinski definition) is 1. The van der Waals surface area contributed by atoms with E-state index in [1.165, 1.54) is 11.1 Å². The fraction of sp³-hybridized carbons (Fsp3) is 0.200. The second-order valence-electron chi connectivity index (χ2n) is 3.10. The van der Waals surface area contributed by atoms with Crippen molar-refractivity contribution in [3.8, 4) is 0 Å². The van der Waals surface area contributed by atoms with E-state index in [1.54, 1.807) is 32.3 Å². The molecule has 0 spiro atoms. The van der Waals surface area contributed by atoms with Gasteiger partial charge >= 0.3 is 0 Å². The van der Waals surface area contributed by atoms with Crippen LogP contribution in [0.15, 0.2) is 29.4 Å². The van der Waals surface area contributed by atoms with E-state index in [1.807, 2.05) is 6.07 Å². The van der Waals surface area contributed by atoms with E-state index in [0.717, 1.165) is 5.56 Å². The minimum atomic E-state index is -0.0303. The molecule has 0 bridgehead atoms. The summed E-state index contributed by atoms with van der Waals surface area (Å²) in [5.41, 5.74) is 1.45. The van der Waals surface area contributed by atoms with Crippen molar-refractivity contribution in [2.75, 3.05) is 14.1 Å². The third-order valence-electron chi connectivity index (χ3n) is 1.76. The average Bonchev–Trinajstić information content (AvgIpc) is 2.17. The zero-order valence-electron chi connectivity index (χ0n) is 8.27. The number of benzene rings is 1. The summed E-state index contributed by atoms with van der Waals surface area (Å²) in [6.07, 6.45) is 1.51. The molecule has 0 aliphatic carbocycles. The van der Waals surface area contributed by atoms with Gasteiger partial charge in [-0.1, -0.05) is 12.1 Å². The Morgan fingerprint density at radius 2 is 2.21 bits per heavy atom. The standard InChI is InChI=1S/C10H13N3O/c1-13(2)10(14)9-5-3-4-8(6-9)7-12-11/h3-7H,11H2,1-2H3. The SMILES string of the molecule is CN(C)C(=O)c1cccc(C=NN)c1. The summed E-state index contributed by atoms with van der Waals surface area (Å²) < 4.78 is 0. The molecule has 0 saturated heterocycles. The van der Waals surface area contributed by atoms with E-state index in [4.69, 9.17) is 5.84 Å². The van der Waals surface area contributed by atoms with Crippen LogP contribution >= 0.6 is 0 Å². The summed E-state index contributed by atoms with van der Waals surface area (Å²) in [7, 11) is 3.43. The predicted octanol–water partition coefficient (Wildman–Crippen LogP) is 0.681. The molecule has 14 heavy (non-hydrogen) atoms. The quantitative estimate of drug-likeness (QED) is 0.424. The van der Waals surface area contributed by atoms with Crippen LogP contribution in [0.1, 0.15) is 15.9 Å². The molecule has 1 aromatic carbocycles. The van der Waals surface area contributed by atoms with Crippen LogP contribution in [0.3, 0.4) is 0 Å². The molecular formula is C10H13N3O. The number of hydrazone groups is 1. The summed E-state index contributed by atoms with van der Waals surface area (Å²) in [6, 6.07) is 7.14. The first kappa shape index (κ1) is 10.2. The first-order valence-electron chi connectivity index (χ1n) is 4.20. The van der Waals surface area contributed by atoms with Gasteiger partial charge in [0.05, 0.1) is 6.21 Å². The highest BCUT2D eigenvalue weighted by atomic mass is 16.2. The van der Waals surface area contributed by atoms with Crippen LogP contribution in [0, 0.1) is 0 Å². The maximum atomic E-state index is 11.6. The molecule has 0 aromatic heterocycles. The van der Waals surface area contributed by atoms with Crippen molar-refractivity contribution in [1.29, 1.82) is 0 Å². The highest BCUT2D eigenvalue weighted by Crippen LogP contribution is 2.05. The van der Waals surface area contributed by atoms with Gasteiger partial charge in [-0.25, -0.2) is 0 Å². The number of amides is 1. The highest BCUT2D eigenvalue weighted by molar-refractivity contribution is 5.95. The maximum absolute atomic E-state index is 11.6. The van der Waals surface area contributed by atoms with E-state index in [2.05, 4.69) is 5.10 Å². The Hall–Kier alpha value is -1.84. The number of nitrogens with zero attached hydrogens (tertiary/aromatic N) is 2. The number of rotatable bonds is 2. The predicted molar refractivity (Wildman–Crippen MR) is 56.2 cm³/mol. The van der Waals surface area contributed by atoms with Gasteiger partial charge in [0.15, 0.2) is 0 Å². The van der Waals surface area contributed by atoms with Crippen LogP contribution in [0.2, 0.25) is 0 Å². The number of carbonyl (C=O) groups excluding carboxylic acids is 1. The lowest BCUT2D eigenvalue weighted by atomic mass is 10.1. The average molecular weight is 191 g/mol. The molecular weight excluding hydrogens is 178 g/mol. The van der Waals surface area contributed by atoms with Gasteiger partial charge in [-0.2, -0.15) is 5.10 Å². The van der Waals surface area contributed by atoms with Gasteiger partial charge in [-0.15, -0.1) is 0 Å². The van der Waals surface area contributed by atoms with Crippen molar-refractivity contribution in [3.05, 3.63) is 35.4 Å². The molecule has 0 saturated carbocycles. The zero-order valence-corrected chi connectivity index (χ0v) is 8.27. The van der Waals surface area contributed by atoms with Gasteiger partial charge in [0.2, 0.25) is 0 Å². The van der Waals surface area contributed by atoms with Crippen LogP contribution in [-0.2, 0) is 0 Å². The van der Waals surface area contributed by atoms with Crippen LogP contribution in [0.4, 0.5) is 0 Å². The van der Waals surface area contributed by atoms with Gasteiger partial charge in [-0.3, -0.25) is 4.79 Å². The van der Waals surface area contributed by atoms with E-state index >= 15 is 0 Å². The molecule has 1 rings (SSSR count). The summed E-state index contributed by atoms with van der Waals surface area (Å²) in [4.78, 5) is 13.1. The molecule has 1 amide bonds. The Bertz CT molecular complexity index is 358. The van der Waals surface area contributed by atoms with Crippen LogP contribution in [-0.4, -0.2) is 31.1 Å². The monoisotopic (exact) mass is 191 g/mol. The normalized spacial score (nSPS) is 10.4. The molecule has 0 atom stereocenters. The van der Waals surface area contributed by atoms with Crippen molar-refractivity contribution in [2.45, 2.75) is 0 Å². The number of hydrogen-bond acceptors (Lipinski definition) is 3. The van der Waals surface area contributed by atoms with Crippen molar-refractivity contribution in [1.82, 2.24) is 4.90 Å². The first-order chi connectivity index (χ1) is 6.65. The van der Waals surface area contributed by atoms with E-state index < -0.39 is 0 Å². The summed E-state index contributed by atoms with van der Waals surface area (Å²) in [5.74, 6) is 4.99. The summed E-state index contributed by atoms with van der Waals surface area (Å²) in [5, 5.41) is 3.40. The smallest absolute Gasteiger partial charge is 0.253 e. The van der Waals surface area contributed by atoms with Gasteiger partial charge in [0.1, 0.15) is 0 Å². The lowest BCUT2D eigenvalue weighted by molar-refractivity contribution is 0.0827. The van der Waals surface area contributed by atoms with E-state index in [0.29, 0.717) is 5.56 Å². The molecule has 4 nitrogen and oxygen atoms in total. The first-order valence-corrected chi connectivity index (χ1v) is 4.20. The van der Waals surface area contributed by atoms with Gasteiger partial charge < -0.3 is 10.7 Å². The van der Waals surface area contributed by atoms with Gasteiger partial charge in [0, 0.05) is 19.7 Å². The molecule has 0 radical (unpaired) electrons. The number of carbonyl (C=O) groups is 1. The Morgan fingerprint density at radius 3 is 2.79 bits per heavy atom. The van der Waals surface area contributed by atoms with Crippen LogP contribution < -0.4 is 5.84 Å². The molecule has 74 valence electrons. The Morgan fingerprint density at radius 1 is 1.50 bits per heavy atom. The van der Waals surface area contributed by atoms with Gasteiger partial charge in [-0.05, 0) is 17.7 Å². The fourth-order valence-electron chi connectivity index (χ4n) is 1.10. The Balaban J connectivity index is 2.99. The van der Waals surface area contributed by atoms with Crippen molar-refractivity contribution in [2.24, 2.45) is 10.9 Å². The molecule has 1 aromatic rings. The second kappa shape index (κ2) is 4.41. The number of nitrogens with two attached hydrogens (primary N) is 1. The topological polar surface area (TPSA) is 58.7 Å². The Labute approximate surface area is 83.0 Å². The summed E-state index contributed by atoms with van der Waals surface area (Å²) >= 11 is 0. The molecule has 2 N–H and O–H groups in total. The lowest BCUT2D eigenvalue weighted by Crippen LogP contribution is -2.21. The largest absolute Gasteiger partial charge is 0.345 e. The van der Waals surface area contributed by atoms with E-state index in [-0.39, 0.29) is 5.91 Å². The fourth-order valence-corrected chi connectivity index (χ4v) is 1.10. The highest BCUT2D eigenvalue weighted by Gasteiger charge is 2.06. The molecule has 4 heteroatoms. The molecule has 0 aliphatic rings. The molecule has 0 aliphatic heterocycles. The van der Waals surface area contributed by atoms with Gasteiger partial charge in [0.25, 0.3) is 5.91 Å². The minimum absolute atomic E-state index is 0.0303. The van der Waals surface area contributed by atoms with Crippen molar-refractivity contribution < 1.29 is 4.79 Å². The maximum Gasteiger partial charge on any atom is 0.253 e. The van der Waals surface area contributed by atoms with Crippen molar-refractivity contribution in [3.63, 3.8) is 0 Å². The zero-order chi connectivity index (χ0) is 10.6.